The fraction of sp³-hybridized carbons (Fsp3) is 0.529. The van der Waals surface area contributed by atoms with Gasteiger partial charge in [-0.15, -0.1) is 0 Å². The minimum atomic E-state index is -2.42. The van der Waals surface area contributed by atoms with E-state index in [0.29, 0.717) is 13.2 Å². The van der Waals surface area contributed by atoms with Crippen LogP contribution in [-0.4, -0.2) is 45.9 Å². The molecule has 118 valence electrons. The normalized spacial score (nSPS) is 11.9. The van der Waals surface area contributed by atoms with E-state index in [2.05, 4.69) is 49.6 Å². The van der Waals surface area contributed by atoms with Gasteiger partial charge in [-0.25, -0.2) is 0 Å². The Morgan fingerprint density at radius 1 is 1.00 bits per heavy atom. The molecular weight excluding hydrogens is 278 g/mol. The maximum absolute atomic E-state index is 6.21. The van der Waals surface area contributed by atoms with Crippen LogP contribution in [0.3, 0.4) is 0 Å². The van der Waals surface area contributed by atoms with Crippen LogP contribution in [0.5, 0.6) is 0 Å². The summed E-state index contributed by atoms with van der Waals surface area (Å²) in [6, 6.07) is 8.45. The molecule has 21 heavy (non-hydrogen) atoms. The van der Waals surface area contributed by atoms with E-state index in [4.69, 9.17) is 8.85 Å². The summed E-state index contributed by atoms with van der Waals surface area (Å²) in [5, 5.41) is 1.20. The molecule has 0 fully saturated rings. The lowest BCUT2D eigenvalue weighted by Gasteiger charge is -2.34. The average molecular weight is 308 g/mol. The van der Waals surface area contributed by atoms with Gasteiger partial charge in [0.1, 0.15) is 0 Å². The van der Waals surface area contributed by atoms with Gasteiger partial charge < -0.3 is 13.8 Å². The first-order valence-electron chi connectivity index (χ1n) is 7.88. The SMILES string of the molecule is C=Cc1ccc([Si](CN(CC)CC)(OCC)OCC)cc1. The van der Waals surface area contributed by atoms with E-state index in [1.165, 1.54) is 5.19 Å². The molecule has 0 atom stereocenters. The lowest BCUT2D eigenvalue weighted by Crippen LogP contribution is -2.61. The van der Waals surface area contributed by atoms with Gasteiger partial charge in [0.25, 0.3) is 0 Å². The highest BCUT2D eigenvalue weighted by Gasteiger charge is 2.41. The highest BCUT2D eigenvalue weighted by Crippen LogP contribution is 2.13. The topological polar surface area (TPSA) is 21.7 Å². The Morgan fingerprint density at radius 3 is 1.90 bits per heavy atom. The number of nitrogens with zero attached hydrogens (tertiary/aromatic N) is 1. The molecular formula is C17H29NO2Si. The molecule has 0 aliphatic heterocycles. The number of hydrogen-bond acceptors (Lipinski definition) is 3. The molecule has 0 aliphatic rings. The third-order valence-corrected chi connectivity index (χ3v) is 7.25. The number of rotatable bonds is 10. The van der Waals surface area contributed by atoms with Crippen molar-refractivity contribution >= 4 is 19.8 Å². The average Bonchev–Trinajstić information content (AvgIpc) is 2.53. The molecule has 0 unspecified atom stereocenters. The quantitative estimate of drug-likeness (QED) is 0.620. The fourth-order valence-electron chi connectivity index (χ4n) is 2.47. The van der Waals surface area contributed by atoms with Crippen LogP contribution in [-0.2, 0) is 8.85 Å². The van der Waals surface area contributed by atoms with Crippen LogP contribution in [0.4, 0.5) is 0 Å². The summed E-state index contributed by atoms with van der Waals surface area (Å²) in [4.78, 5) is 2.39. The molecule has 0 heterocycles. The molecule has 1 aromatic rings. The van der Waals surface area contributed by atoms with Crippen molar-refractivity contribution in [3.05, 3.63) is 36.4 Å². The zero-order valence-corrected chi connectivity index (χ0v) is 14.9. The molecule has 0 saturated carbocycles. The Hall–Kier alpha value is -0.943. The second-order valence-electron chi connectivity index (χ2n) is 4.91. The van der Waals surface area contributed by atoms with E-state index in [9.17, 15) is 0 Å². The van der Waals surface area contributed by atoms with Gasteiger partial charge in [0, 0.05) is 19.4 Å². The van der Waals surface area contributed by atoms with Crippen LogP contribution in [0.15, 0.2) is 30.8 Å². The molecule has 0 N–H and O–H groups in total. The fourth-order valence-corrected chi connectivity index (χ4v) is 5.90. The second kappa shape index (κ2) is 9.15. The molecule has 1 rings (SSSR count). The summed E-state index contributed by atoms with van der Waals surface area (Å²) >= 11 is 0. The highest BCUT2D eigenvalue weighted by molar-refractivity contribution is 6.81. The zero-order valence-electron chi connectivity index (χ0n) is 13.9. The number of benzene rings is 1. The summed E-state index contributed by atoms with van der Waals surface area (Å²) in [7, 11) is -2.42. The van der Waals surface area contributed by atoms with Crippen LogP contribution in [0.1, 0.15) is 33.3 Å². The Bertz CT molecular complexity index is 409. The van der Waals surface area contributed by atoms with E-state index in [-0.39, 0.29) is 0 Å². The van der Waals surface area contributed by atoms with Gasteiger partial charge >= 0.3 is 8.56 Å². The Labute approximate surface area is 130 Å². The van der Waals surface area contributed by atoms with Crippen molar-refractivity contribution in [3.8, 4) is 0 Å². The van der Waals surface area contributed by atoms with E-state index in [0.717, 1.165) is 24.8 Å². The first kappa shape index (κ1) is 18.1. The maximum Gasteiger partial charge on any atom is 0.387 e. The lowest BCUT2D eigenvalue weighted by atomic mass is 10.2. The molecule has 0 aromatic heterocycles. The van der Waals surface area contributed by atoms with Crippen molar-refractivity contribution < 1.29 is 8.85 Å². The van der Waals surface area contributed by atoms with Gasteiger partial charge in [-0.05, 0) is 37.7 Å². The van der Waals surface area contributed by atoms with Gasteiger partial charge in [-0.1, -0.05) is 50.8 Å². The molecule has 0 spiro atoms. The van der Waals surface area contributed by atoms with Crippen LogP contribution in [0.2, 0.25) is 0 Å². The van der Waals surface area contributed by atoms with Crippen LogP contribution in [0.25, 0.3) is 6.08 Å². The molecule has 1 aromatic carbocycles. The summed E-state index contributed by atoms with van der Waals surface area (Å²) in [6.45, 7) is 15.6. The van der Waals surface area contributed by atoms with Crippen LogP contribution < -0.4 is 5.19 Å². The summed E-state index contributed by atoms with van der Waals surface area (Å²) in [5.74, 6) is 0. The Balaban J connectivity index is 3.15. The predicted molar refractivity (Wildman–Crippen MR) is 93.0 cm³/mol. The summed E-state index contributed by atoms with van der Waals surface area (Å²) < 4.78 is 12.4. The van der Waals surface area contributed by atoms with E-state index >= 15 is 0 Å². The van der Waals surface area contributed by atoms with Crippen molar-refractivity contribution in [1.29, 1.82) is 0 Å². The minimum absolute atomic E-state index is 0.677. The van der Waals surface area contributed by atoms with Crippen molar-refractivity contribution in [3.63, 3.8) is 0 Å². The highest BCUT2D eigenvalue weighted by atomic mass is 28.4. The van der Waals surface area contributed by atoms with Gasteiger partial charge in [0.2, 0.25) is 0 Å². The summed E-state index contributed by atoms with van der Waals surface area (Å²) in [6.07, 6.45) is 2.73. The Morgan fingerprint density at radius 2 is 1.52 bits per heavy atom. The molecule has 4 heteroatoms. The number of hydrogen-bond donors (Lipinski definition) is 0. The van der Waals surface area contributed by atoms with Crippen molar-refractivity contribution in [1.82, 2.24) is 4.90 Å². The Kier molecular flexibility index (Phi) is 7.89. The molecule has 0 amide bonds. The predicted octanol–water partition coefficient (Wildman–Crippen LogP) is 2.93. The molecule has 0 saturated heterocycles. The van der Waals surface area contributed by atoms with Crippen molar-refractivity contribution in [2.24, 2.45) is 0 Å². The summed E-state index contributed by atoms with van der Waals surface area (Å²) in [5.41, 5.74) is 1.12. The van der Waals surface area contributed by atoms with Gasteiger partial charge in [-0.2, -0.15) is 0 Å². The van der Waals surface area contributed by atoms with Crippen molar-refractivity contribution in [2.75, 3.05) is 32.5 Å². The monoisotopic (exact) mass is 307 g/mol. The van der Waals surface area contributed by atoms with E-state index < -0.39 is 8.56 Å². The minimum Gasteiger partial charge on any atom is -0.391 e. The van der Waals surface area contributed by atoms with Crippen molar-refractivity contribution in [2.45, 2.75) is 27.7 Å². The smallest absolute Gasteiger partial charge is 0.387 e. The van der Waals surface area contributed by atoms with Gasteiger partial charge in [0.05, 0.1) is 0 Å². The largest absolute Gasteiger partial charge is 0.391 e. The molecule has 0 aliphatic carbocycles. The van der Waals surface area contributed by atoms with Crippen LogP contribution >= 0.6 is 0 Å². The molecule has 3 nitrogen and oxygen atoms in total. The standard InChI is InChI=1S/C17H29NO2Si/c1-6-16-11-13-17(14-12-16)21(19-9-4,20-10-5)15-18(7-2)8-3/h6,11-14H,1,7-10,15H2,2-5H3. The lowest BCUT2D eigenvalue weighted by molar-refractivity contribution is 0.174. The third kappa shape index (κ3) is 4.78. The second-order valence-corrected chi connectivity index (χ2v) is 7.88. The van der Waals surface area contributed by atoms with Gasteiger partial charge in [0.15, 0.2) is 0 Å². The zero-order chi connectivity index (χ0) is 15.7. The third-order valence-electron chi connectivity index (χ3n) is 3.67. The maximum atomic E-state index is 6.21. The first-order chi connectivity index (χ1) is 10.2. The van der Waals surface area contributed by atoms with Crippen LogP contribution in [0, 0.1) is 0 Å². The van der Waals surface area contributed by atoms with Gasteiger partial charge in [-0.3, -0.25) is 0 Å². The molecule has 0 bridgehead atoms. The first-order valence-corrected chi connectivity index (χ1v) is 9.91. The van der Waals surface area contributed by atoms with E-state index in [1.54, 1.807) is 0 Å². The van der Waals surface area contributed by atoms with E-state index in [1.807, 2.05) is 19.9 Å². The molecule has 0 radical (unpaired) electrons.